The summed E-state index contributed by atoms with van der Waals surface area (Å²) < 4.78 is 7.11. The largest absolute Gasteiger partial charge is 0.463 e. The molecule has 0 unspecified atom stereocenters. The highest BCUT2D eigenvalue weighted by atomic mass is 16.3. The van der Waals surface area contributed by atoms with E-state index >= 15 is 0 Å². The number of hydrogen-bond donors (Lipinski definition) is 1. The Morgan fingerprint density at radius 1 is 1.23 bits per heavy atom. The van der Waals surface area contributed by atoms with Crippen LogP contribution in [0, 0.1) is 13.8 Å². The third-order valence-corrected chi connectivity index (χ3v) is 4.14. The van der Waals surface area contributed by atoms with E-state index in [4.69, 9.17) is 4.42 Å². The van der Waals surface area contributed by atoms with Crippen LogP contribution in [0.5, 0.6) is 0 Å². The highest BCUT2D eigenvalue weighted by Crippen LogP contribution is 2.27. The third-order valence-electron chi connectivity index (χ3n) is 4.14. The SMILES string of the molecule is Cc1ccc(NC(=O)c2cc(-c3ccco3)nc3c2c(C)nn3C)nc1. The highest BCUT2D eigenvalue weighted by Gasteiger charge is 2.20. The molecule has 0 saturated carbocycles. The number of carbonyl (C=O) groups excluding carboxylic acids is 1. The van der Waals surface area contributed by atoms with Crippen molar-refractivity contribution in [3.63, 3.8) is 0 Å². The molecule has 0 aliphatic heterocycles. The van der Waals surface area contributed by atoms with Gasteiger partial charge in [-0.15, -0.1) is 0 Å². The molecule has 1 amide bonds. The predicted molar refractivity (Wildman–Crippen MR) is 97.9 cm³/mol. The summed E-state index contributed by atoms with van der Waals surface area (Å²) in [4.78, 5) is 21.8. The molecule has 130 valence electrons. The van der Waals surface area contributed by atoms with Gasteiger partial charge in [-0.2, -0.15) is 5.10 Å². The number of furan rings is 1. The van der Waals surface area contributed by atoms with Gasteiger partial charge in [-0.25, -0.2) is 9.97 Å². The fraction of sp³-hybridized carbons (Fsp3) is 0.158. The Bertz CT molecular complexity index is 1100. The van der Waals surface area contributed by atoms with Crippen LogP contribution in [0.25, 0.3) is 22.5 Å². The van der Waals surface area contributed by atoms with Gasteiger partial charge in [0.1, 0.15) is 11.5 Å². The first-order chi connectivity index (χ1) is 12.5. The normalized spacial score (nSPS) is 11.0. The summed E-state index contributed by atoms with van der Waals surface area (Å²) in [6.45, 7) is 3.80. The predicted octanol–water partition coefficient (Wildman–Crippen LogP) is 3.49. The van der Waals surface area contributed by atoms with Gasteiger partial charge in [0.25, 0.3) is 5.91 Å². The number of hydrogen-bond acceptors (Lipinski definition) is 5. The van der Waals surface area contributed by atoms with E-state index in [9.17, 15) is 4.79 Å². The van der Waals surface area contributed by atoms with Crippen molar-refractivity contribution in [2.24, 2.45) is 7.05 Å². The zero-order valence-electron chi connectivity index (χ0n) is 14.6. The number of nitrogens with zero attached hydrogens (tertiary/aromatic N) is 4. The number of carbonyl (C=O) groups is 1. The summed E-state index contributed by atoms with van der Waals surface area (Å²) in [6, 6.07) is 8.98. The Balaban J connectivity index is 1.84. The monoisotopic (exact) mass is 347 g/mol. The second-order valence-corrected chi connectivity index (χ2v) is 6.11. The standard InChI is InChI=1S/C19H17N5O2/c1-11-6-7-16(20-10-11)22-19(25)13-9-14(15-5-4-8-26-15)21-18-17(13)12(2)23-24(18)3/h4-10H,1-3H3,(H,20,22,25). The van der Waals surface area contributed by atoms with Gasteiger partial charge < -0.3 is 9.73 Å². The van der Waals surface area contributed by atoms with Crippen LogP contribution in [0.2, 0.25) is 0 Å². The number of anilines is 1. The van der Waals surface area contributed by atoms with Crippen molar-refractivity contribution < 1.29 is 9.21 Å². The average molecular weight is 347 g/mol. The van der Waals surface area contributed by atoms with Crippen molar-refractivity contribution in [1.29, 1.82) is 0 Å². The van der Waals surface area contributed by atoms with Crippen molar-refractivity contribution in [2.45, 2.75) is 13.8 Å². The first-order valence-corrected chi connectivity index (χ1v) is 8.15. The number of nitrogens with one attached hydrogen (secondary N) is 1. The zero-order chi connectivity index (χ0) is 18.3. The molecule has 1 N–H and O–H groups in total. The topological polar surface area (TPSA) is 85.8 Å². The molecule has 0 spiro atoms. The lowest BCUT2D eigenvalue weighted by molar-refractivity contribution is 0.102. The molecule has 7 nitrogen and oxygen atoms in total. The van der Waals surface area contributed by atoms with Crippen molar-refractivity contribution in [3.8, 4) is 11.5 Å². The van der Waals surface area contributed by atoms with Gasteiger partial charge >= 0.3 is 0 Å². The first kappa shape index (κ1) is 16.0. The van der Waals surface area contributed by atoms with E-state index in [1.54, 1.807) is 48.5 Å². The van der Waals surface area contributed by atoms with Crippen LogP contribution in [0.3, 0.4) is 0 Å². The molecular weight excluding hydrogens is 330 g/mol. The minimum absolute atomic E-state index is 0.266. The minimum Gasteiger partial charge on any atom is -0.463 e. The van der Waals surface area contributed by atoms with Gasteiger partial charge in [0.05, 0.1) is 22.9 Å². The molecule has 0 radical (unpaired) electrons. The van der Waals surface area contributed by atoms with E-state index in [0.717, 1.165) is 11.3 Å². The molecule has 4 rings (SSSR count). The summed E-state index contributed by atoms with van der Waals surface area (Å²) in [6.07, 6.45) is 3.28. The van der Waals surface area contributed by atoms with Crippen molar-refractivity contribution in [1.82, 2.24) is 19.7 Å². The molecule has 0 aromatic carbocycles. The summed E-state index contributed by atoms with van der Waals surface area (Å²) >= 11 is 0. The lowest BCUT2D eigenvalue weighted by atomic mass is 10.1. The molecule has 0 saturated heterocycles. The molecule has 26 heavy (non-hydrogen) atoms. The molecular formula is C19H17N5O2. The number of fused-ring (bicyclic) bond motifs is 1. The number of aryl methyl sites for hydroxylation is 3. The summed E-state index contributed by atoms with van der Waals surface area (Å²) in [5, 5.41) is 7.96. The Morgan fingerprint density at radius 3 is 2.77 bits per heavy atom. The van der Waals surface area contributed by atoms with Gasteiger partial charge in [-0.05, 0) is 43.7 Å². The molecule has 4 heterocycles. The van der Waals surface area contributed by atoms with Crippen LogP contribution in [-0.2, 0) is 7.05 Å². The van der Waals surface area contributed by atoms with E-state index in [2.05, 4.69) is 20.4 Å². The van der Waals surface area contributed by atoms with Gasteiger partial charge in [-0.3, -0.25) is 9.48 Å². The Kier molecular flexibility index (Phi) is 3.76. The Hall–Kier alpha value is -3.48. The van der Waals surface area contributed by atoms with Gasteiger partial charge in [-0.1, -0.05) is 6.07 Å². The Morgan fingerprint density at radius 2 is 2.08 bits per heavy atom. The fourth-order valence-corrected chi connectivity index (χ4v) is 2.90. The molecule has 7 heteroatoms. The average Bonchev–Trinajstić information content (AvgIpc) is 3.25. The van der Waals surface area contributed by atoms with Crippen molar-refractivity contribution in [3.05, 3.63) is 59.6 Å². The van der Waals surface area contributed by atoms with Gasteiger partial charge in [0.2, 0.25) is 0 Å². The number of pyridine rings is 2. The maximum Gasteiger partial charge on any atom is 0.257 e. The van der Waals surface area contributed by atoms with Crippen LogP contribution in [0.1, 0.15) is 21.6 Å². The number of amides is 1. The lowest BCUT2D eigenvalue weighted by Crippen LogP contribution is -2.14. The third kappa shape index (κ3) is 2.73. The molecule has 4 aromatic heterocycles. The van der Waals surface area contributed by atoms with E-state index in [1.165, 1.54) is 0 Å². The smallest absolute Gasteiger partial charge is 0.257 e. The fourth-order valence-electron chi connectivity index (χ4n) is 2.90. The van der Waals surface area contributed by atoms with Gasteiger partial charge in [0, 0.05) is 13.2 Å². The van der Waals surface area contributed by atoms with Crippen molar-refractivity contribution >= 4 is 22.8 Å². The summed E-state index contributed by atoms with van der Waals surface area (Å²) in [5.74, 6) is 0.817. The van der Waals surface area contributed by atoms with Crippen LogP contribution < -0.4 is 5.32 Å². The summed E-state index contributed by atoms with van der Waals surface area (Å²) in [7, 11) is 1.80. The first-order valence-electron chi connectivity index (χ1n) is 8.15. The maximum atomic E-state index is 12.9. The second kappa shape index (κ2) is 6.11. The van der Waals surface area contributed by atoms with Crippen LogP contribution in [-0.4, -0.2) is 25.7 Å². The Labute approximate surface area is 149 Å². The molecule has 0 aliphatic rings. The van der Waals surface area contributed by atoms with E-state index in [0.29, 0.717) is 33.9 Å². The molecule has 0 atom stereocenters. The second-order valence-electron chi connectivity index (χ2n) is 6.11. The highest BCUT2D eigenvalue weighted by molar-refractivity contribution is 6.13. The van der Waals surface area contributed by atoms with E-state index in [1.807, 2.05) is 19.9 Å². The van der Waals surface area contributed by atoms with Gasteiger partial charge in [0.15, 0.2) is 11.4 Å². The van der Waals surface area contributed by atoms with Crippen molar-refractivity contribution in [2.75, 3.05) is 5.32 Å². The van der Waals surface area contributed by atoms with E-state index < -0.39 is 0 Å². The van der Waals surface area contributed by atoms with Crippen LogP contribution >= 0.6 is 0 Å². The zero-order valence-corrected chi connectivity index (χ0v) is 14.6. The molecule has 0 aliphatic carbocycles. The van der Waals surface area contributed by atoms with Crippen LogP contribution in [0.4, 0.5) is 5.82 Å². The lowest BCUT2D eigenvalue weighted by Gasteiger charge is -2.08. The number of aromatic nitrogens is 4. The molecule has 0 bridgehead atoms. The van der Waals surface area contributed by atoms with Crippen LogP contribution in [0.15, 0.2) is 47.2 Å². The summed E-state index contributed by atoms with van der Waals surface area (Å²) in [5.41, 5.74) is 3.45. The molecule has 0 fully saturated rings. The minimum atomic E-state index is -0.266. The number of rotatable bonds is 3. The quantitative estimate of drug-likeness (QED) is 0.613. The molecule has 4 aromatic rings. The van der Waals surface area contributed by atoms with E-state index in [-0.39, 0.29) is 5.91 Å². The maximum absolute atomic E-state index is 12.9.